The third-order valence-corrected chi connectivity index (χ3v) is 6.68. The van der Waals surface area contributed by atoms with Gasteiger partial charge in [-0.3, -0.25) is 0 Å². The highest BCUT2D eigenvalue weighted by Crippen LogP contribution is 2.38. The molecule has 2 heterocycles. The Morgan fingerprint density at radius 2 is 1.86 bits per heavy atom. The average molecular weight is 439 g/mol. The van der Waals surface area contributed by atoms with E-state index in [9.17, 15) is 8.42 Å². The van der Waals surface area contributed by atoms with Gasteiger partial charge in [-0.1, -0.05) is 0 Å². The molecular formula is C18H22N4O3S3. The molecule has 0 aliphatic heterocycles. The zero-order chi connectivity index (χ0) is 20.6. The molecule has 0 atom stereocenters. The van der Waals surface area contributed by atoms with Gasteiger partial charge < -0.3 is 10.1 Å². The number of anilines is 2. The van der Waals surface area contributed by atoms with Gasteiger partial charge in [0.1, 0.15) is 5.75 Å². The summed E-state index contributed by atoms with van der Waals surface area (Å²) in [4.78, 5) is 11.3. The molecule has 7 nitrogen and oxygen atoms in total. The Morgan fingerprint density at radius 3 is 2.43 bits per heavy atom. The first-order chi connectivity index (χ1) is 13.0. The van der Waals surface area contributed by atoms with Gasteiger partial charge in [0.25, 0.3) is 0 Å². The van der Waals surface area contributed by atoms with Crippen LogP contribution >= 0.6 is 22.7 Å². The van der Waals surface area contributed by atoms with Gasteiger partial charge in [0.05, 0.1) is 38.0 Å². The Kier molecular flexibility index (Phi) is 5.76. The molecular weight excluding hydrogens is 416 g/mol. The lowest BCUT2D eigenvalue weighted by molar-refractivity contribution is 0.243. The molecule has 1 aromatic carbocycles. The van der Waals surface area contributed by atoms with Crippen molar-refractivity contribution in [2.75, 3.05) is 5.32 Å². The number of aryl methyl sites for hydroxylation is 3. The third kappa shape index (κ3) is 4.52. The van der Waals surface area contributed by atoms with Gasteiger partial charge in [-0.2, -0.15) is 0 Å². The normalized spacial score (nSPS) is 11.8. The maximum absolute atomic E-state index is 11.7. The minimum Gasteiger partial charge on any atom is -0.489 e. The van der Waals surface area contributed by atoms with Crippen LogP contribution in [0.5, 0.6) is 5.75 Å². The number of rotatable bonds is 6. The highest BCUT2D eigenvalue weighted by Gasteiger charge is 2.18. The number of benzene rings is 1. The first-order valence-corrected chi connectivity index (χ1v) is 11.7. The largest absolute Gasteiger partial charge is 0.489 e. The van der Waals surface area contributed by atoms with Gasteiger partial charge in [-0.05, 0) is 52.8 Å². The molecule has 150 valence electrons. The topological polar surface area (TPSA) is 107 Å². The summed E-state index contributed by atoms with van der Waals surface area (Å²) in [6.07, 6.45) is -0.0720. The van der Waals surface area contributed by atoms with Crippen molar-refractivity contribution < 1.29 is 13.2 Å². The van der Waals surface area contributed by atoms with Crippen LogP contribution in [0, 0.1) is 20.8 Å². The van der Waals surface area contributed by atoms with Crippen LogP contribution in [0.1, 0.15) is 29.4 Å². The van der Waals surface area contributed by atoms with Crippen LogP contribution < -0.4 is 15.2 Å². The average Bonchev–Trinajstić information content (AvgIpc) is 3.08. The third-order valence-electron chi connectivity index (χ3n) is 3.80. The van der Waals surface area contributed by atoms with Crippen molar-refractivity contribution in [3.05, 3.63) is 33.8 Å². The number of sulfonamides is 1. The molecule has 3 aromatic rings. The summed E-state index contributed by atoms with van der Waals surface area (Å²) in [6.45, 7) is 9.74. The van der Waals surface area contributed by atoms with Crippen LogP contribution in [0.25, 0.3) is 10.6 Å². The number of thiazole rings is 2. The van der Waals surface area contributed by atoms with Gasteiger partial charge in [0.15, 0.2) is 5.13 Å². The van der Waals surface area contributed by atoms with Crippen LogP contribution in [0.3, 0.4) is 0 Å². The highest BCUT2D eigenvalue weighted by molar-refractivity contribution is 7.89. The monoisotopic (exact) mass is 438 g/mol. The summed E-state index contributed by atoms with van der Waals surface area (Å²) < 4.78 is 29.3. The van der Waals surface area contributed by atoms with Crippen molar-refractivity contribution in [1.29, 1.82) is 0 Å². The van der Waals surface area contributed by atoms with Crippen molar-refractivity contribution in [1.82, 2.24) is 9.97 Å². The summed E-state index contributed by atoms with van der Waals surface area (Å²) >= 11 is 3.09. The van der Waals surface area contributed by atoms with Crippen LogP contribution in [-0.4, -0.2) is 24.5 Å². The maximum atomic E-state index is 11.7. The van der Waals surface area contributed by atoms with E-state index in [1.807, 2.05) is 34.6 Å². The molecule has 0 bridgehead atoms. The molecule has 3 N–H and O–H groups in total. The minimum absolute atomic E-state index is 0.00790. The smallest absolute Gasteiger partial charge is 0.238 e. The number of primary sulfonamides is 1. The molecule has 10 heteroatoms. The Labute approximate surface area is 172 Å². The van der Waals surface area contributed by atoms with Crippen molar-refractivity contribution in [2.45, 2.75) is 45.6 Å². The number of aromatic nitrogens is 2. The van der Waals surface area contributed by atoms with Crippen molar-refractivity contribution in [2.24, 2.45) is 5.14 Å². The molecule has 0 radical (unpaired) electrons. The van der Waals surface area contributed by atoms with Gasteiger partial charge in [-0.15, -0.1) is 22.7 Å². The molecule has 0 aliphatic rings. The fraction of sp³-hybridized carbons (Fsp3) is 0.333. The van der Waals surface area contributed by atoms with Crippen LogP contribution in [0.15, 0.2) is 23.1 Å². The molecule has 0 aliphatic carbocycles. The molecule has 2 aromatic heterocycles. The van der Waals surface area contributed by atoms with E-state index in [1.54, 1.807) is 17.4 Å². The van der Waals surface area contributed by atoms with Gasteiger partial charge in [0.2, 0.25) is 10.0 Å². The fourth-order valence-electron chi connectivity index (χ4n) is 2.67. The van der Waals surface area contributed by atoms with Crippen LogP contribution in [0.2, 0.25) is 0 Å². The molecule has 0 saturated carbocycles. The quantitative estimate of drug-likeness (QED) is 0.592. The SMILES string of the molecule is Cc1nc(C)c(-c2nc(Nc3cc(S(N)(=O)=O)ccc3OC(C)C)sc2C)s1. The number of ether oxygens (including phenoxy) is 1. The summed E-state index contributed by atoms with van der Waals surface area (Å²) in [7, 11) is -3.83. The zero-order valence-electron chi connectivity index (χ0n) is 16.2. The summed E-state index contributed by atoms with van der Waals surface area (Å²) in [6, 6.07) is 4.49. The standard InChI is InChI=1S/C18H22N4O3S3/c1-9(2)25-15-7-6-13(28(19,23)24)8-14(15)21-18-22-16(11(4)26-18)17-10(3)20-12(5)27-17/h6-9H,1-5H3,(H,21,22)(H2,19,23,24). The van der Waals surface area contributed by atoms with Crippen molar-refractivity contribution in [3.8, 4) is 16.3 Å². The lowest BCUT2D eigenvalue weighted by atomic mass is 10.3. The Bertz CT molecular complexity index is 1120. The Hall–Kier alpha value is -2.01. The van der Waals surface area contributed by atoms with E-state index < -0.39 is 10.0 Å². The fourth-order valence-corrected chi connectivity index (χ4v) is 5.07. The second-order valence-corrected chi connectivity index (χ2v) is 10.5. The summed E-state index contributed by atoms with van der Waals surface area (Å²) in [5, 5.41) is 10.1. The number of hydrogen-bond acceptors (Lipinski definition) is 8. The Balaban J connectivity index is 2.01. The maximum Gasteiger partial charge on any atom is 0.238 e. The molecule has 0 saturated heterocycles. The molecule has 0 fully saturated rings. The van der Waals surface area contributed by atoms with Crippen LogP contribution in [0.4, 0.5) is 10.8 Å². The number of nitrogens with two attached hydrogens (primary N) is 1. The lowest BCUT2D eigenvalue weighted by Gasteiger charge is -2.15. The highest BCUT2D eigenvalue weighted by atomic mass is 32.2. The number of nitrogens with zero attached hydrogens (tertiary/aromatic N) is 2. The molecule has 0 spiro atoms. The molecule has 28 heavy (non-hydrogen) atoms. The van der Waals surface area contributed by atoms with E-state index in [2.05, 4.69) is 10.3 Å². The van der Waals surface area contributed by atoms with Gasteiger partial charge >= 0.3 is 0 Å². The van der Waals surface area contributed by atoms with Crippen molar-refractivity contribution >= 4 is 43.5 Å². The molecule has 0 unspecified atom stereocenters. The van der Waals surface area contributed by atoms with Gasteiger partial charge in [0, 0.05) is 4.88 Å². The van der Waals surface area contributed by atoms with Gasteiger partial charge in [-0.25, -0.2) is 23.5 Å². The molecule has 0 amide bonds. The Morgan fingerprint density at radius 1 is 1.14 bits per heavy atom. The van der Waals surface area contributed by atoms with E-state index in [1.165, 1.54) is 23.5 Å². The first kappa shape index (κ1) is 20.7. The van der Waals surface area contributed by atoms with E-state index >= 15 is 0 Å². The summed E-state index contributed by atoms with van der Waals surface area (Å²) in [5.74, 6) is 0.529. The predicted octanol–water partition coefficient (Wildman–Crippen LogP) is 4.37. The summed E-state index contributed by atoms with van der Waals surface area (Å²) in [5.41, 5.74) is 2.32. The lowest BCUT2D eigenvalue weighted by Crippen LogP contribution is -2.13. The van der Waals surface area contributed by atoms with E-state index in [0.717, 1.165) is 26.1 Å². The van der Waals surface area contributed by atoms with Crippen LogP contribution in [-0.2, 0) is 10.0 Å². The second kappa shape index (κ2) is 7.78. The predicted molar refractivity (Wildman–Crippen MR) is 114 cm³/mol. The van der Waals surface area contributed by atoms with E-state index in [-0.39, 0.29) is 11.0 Å². The van der Waals surface area contributed by atoms with E-state index in [0.29, 0.717) is 16.6 Å². The number of hydrogen-bond donors (Lipinski definition) is 2. The van der Waals surface area contributed by atoms with E-state index in [4.69, 9.17) is 14.9 Å². The zero-order valence-corrected chi connectivity index (χ0v) is 18.7. The van der Waals surface area contributed by atoms with Crippen molar-refractivity contribution in [3.63, 3.8) is 0 Å². The first-order valence-electron chi connectivity index (χ1n) is 8.57. The number of nitrogens with one attached hydrogen (secondary N) is 1. The molecule has 3 rings (SSSR count). The minimum atomic E-state index is -3.83. The second-order valence-electron chi connectivity index (χ2n) is 6.57.